The molecule has 0 saturated carbocycles. The summed E-state index contributed by atoms with van der Waals surface area (Å²) in [6.07, 6.45) is 8.03. The normalized spacial score (nSPS) is 12.1. The highest BCUT2D eigenvalue weighted by atomic mass is 16.5. The number of nitrogens with zero attached hydrogens (tertiary/aromatic N) is 4. The minimum absolute atomic E-state index is 0.169. The molecule has 28 heavy (non-hydrogen) atoms. The maximum atomic E-state index is 5.89. The van der Waals surface area contributed by atoms with Gasteiger partial charge in [0.05, 0.1) is 25.0 Å². The second kappa shape index (κ2) is 8.84. The van der Waals surface area contributed by atoms with E-state index < -0.39 is 0 Å². The molecule has 7 nitrogen and oxygen atoms in total. The third-order valence-corrected chi connectivity index (χ3v) is 4.64. The third-order valence-electron chi connectivity index (χ3n) is 4.64. The van der Waals surface area contributed by atoms with Crippen molar-refractivity contribution in [1.82, 2.24) is 24.7 Å². The van der Waals surface area contributed by atoms with Crippen LogP contribution in [-0.4, -0.2) is 39.6 Å². The molecular formula is C21H27N5O2. The van der Waals surface area contributed by atoms with Gasteiger partial charge in [0.1, 0.15) is 0 Å². The number of hydrogen-bond acceptors (Lipinski definition) is 6. The van der Waals surface area contributed by atoms with E-state index in [1.165, 1.54) is 0 Å². The van der Waals surface area contributed by atoms with Gasteiger partial charge < -0.3 is 14.8 Å². The number of hydrogen-bond donors (Lipinski definition) is 1. The van der Waals surface area contributed by atoms with Crippen molar-refractivity contribution in [2.75, 3.05) is 20.3 Å². The van der Waals surface area contributed by atoms with E-state index in [4.69, 9.17) is 14.5 Å². The van der Waals surface area contributed by atoms with Gasteiger partial charge in [0, 0.05) is 30.3 Å². The number of imidazole rings is 1. The Labute approximate surface area is 165 Å². The highest BCUT2D eigenvalue weighted by molar-refractivity contribution is 5.71. The Hall–Kier alpha value is -2.93. The van der Waals surface area contributed by atoms with Gasteiger partial charge in [-0.05, 0) is 38.4 Å². The van der Waals surface area contributed by atoms with Crippen molar-refractivity contribution in [3.8, 4) is 23.0 Å². The Balaban J connectivity index is 2.15. The van der Waals surface area contributed by atoms with Gasteiger partial charge in [-0.3, -0.25) is 4.40 Å². The van der Waals surface area contributed by atoms with E-state index in [0.717, 1.165) is 35.5 Å². The molecule has 1 N–H and O–H groups in total. The summed E-state index contributed by atoms with van der Waals surface area (Å²) >= 11 is 0. The summed E-state index contributed by atoms with van der Waals surface area (Å²) in [4.78, 5) is 13.7. The van der Waals surface area contributed by atoms with Crippen LogP contribution in [0.15, 0.2) is 37.3 Å². The molecule has 3 heterocycles. The molecule has 1 atom stereocenters. The van der Waals surface area contributed by atoms with Crippen molar-refractivity contribution in [2.45, 2.75) is 33.2 Å². The highest BCUT2D eigenvalue weighted by Crippen LogP contribution is 2.34. The predicted octanol–water partition coefficient (Wildman–Crippen LogP) is 3.73. The van der Waals surface area contributed by atoms with E-state index in [2.05, 4.69) is 41.8 Å². The minimum atomic E-state index is 0.169. The summed E-state index contributed by atoms with van der Waals surface area (Å²) in [5.74, 6) is 1.01. The Morgan fingerprint density at radius 3 is 2.86 bits per heavy atom. The summed E-state index contributed by atoms with van der Waals surface area (Å²) in [5, 5.41) is 3.41. The van der Waals surface area contributed by atoms with Crippen LogP contribution in [0, 0.1) is 6.92 Å². The van der Waals surface area contributed by atoms with E-state index >= 15 is 0 Å². The molecule has 0 fully saturated rings. The molecule has 0 aromatic carbocycles. The number of fused-ring (bicyclic) bond motifs is 1. The van der Waals surface area contributed by atoms with Crippen molar-refractivity contribution in [3.05, 3.63) is 48.6 Å². The SMILES string of the molecule is C=CCCOc1nc(-c2cc([C@@H](C)NCC)cnc2OC)c(C)n2ccnc12. The van der Waals surface area contributed by atoms with Gasteiger partial charge in [0.25, 0.3) is 5.88 Å². The van der Waals surface area contributed by atoms with Crippen LogP contribution < -0.4 is 14.8 Å². The number of pyridine rings is 1. The number of ether oxygens (including phenoxy) is 2. The molecule has 0 radical (unpaired) electrons. The maximum Gasteiger partial charge on any atom is 0.258 e. The first kappa shape index (κ1) is 19.8. The van der Waals surface area contributed by atoms with Crippen LogP contribution in [-0.2, 0) is 0 Å². The van der Waals surface area contributed by atoms with Crippen molar-refractivity contribution < 1.29 is 9.47 Å². The molecule has 0 amide bonds. The smallest absolute Gasteiger partial charge is 0.258 e. The van der Waals surface area contributed by atoms with Crippen LogP contribution in [0.2, 0.25) is 0 Å². The van der Waals surface area contributed by atoms with Gasteiger partial charge in [-0.15, -0.1) is 6.58 Å². The fraction of sp³-hybridized carbons (Fsp3) is 0.381. The van der Waals surface area contributed by atoms with E-state index in [1.54, 1.807) is 13.3 Å². The summed E-state index contributed by atoms with van der Waals surface area (Å²) in [6, 6.07) is 2.24. The molecule has 0 aliphatic heterocycles. The highest BCUT2D eigenvalue weighted by Gasteiger charge is 2.19. The lowest BCUT2D eigenvalue weighted by molar-refractivity contribution is 0.314. The average Bonchev–Trinajstić information content (AvgIpc) is 3.20. The Morgan fingerprint density at radius 2 is 2.14 bits per heavy atom. The lowest BCUT2D eigenvalue weighted by Gasteiger charge is -2.17. The van der Waals surface area contributed by atoms with Gasteiger partial charge in [0.2, 0.25) is 11.5 Å². The van der Waals surface area contributed by atoms with Crippen LogP contribution in [0.4, 0.5) is 0 Å². The minimum Gasteiger partial charge on any atom is -0.481 e. The molecule has 3 aromatic rings. The van der Waals surface area contributed by atoms with Crippen molar-refractivity contribution in [2.24, 2.45) is 0 Å². The number of aryl methyl sites for hydroxylation is 1. The second-order valence-electron chi connectivity index (χ2n) is 6.50. The Morgan fingerprint density at radius 1 is 1.32 bits per heavy atom. The summed E-state index contributed by atoms with van der Waals surface area (Å²) in [6.45, 7) is 11.3. The van der Waals surface area contributed by atoms with Gasteiger partial charge >= 0.3 is 0 Å². The molecule has 0 bridgehead atoms. The molecule has 0 saturated heterocycles. The fourth-order valence-electron chi connectivity index (χ4n) is 3.13. The zero-order valence-corrected chi connectivity index (χ0v) is 16.9. The number of nitrogens with one attached hydrogen (secondary N) is 1. The average molecular weight is 381 g/mol. The first-order chi connectivity index (χ1) is 13.6. The lowest BCUT2D eigenvalue weighted by Crippen LogP contribution is -2.18. The van der Waals surface area contributed by atoms with Gasteiger partial charge in [-0.1, -0.05) is 13.0 Å². The Kier molecular flexibility index (Phi) is 6.26. The van der Waals surface area contributed by atoms with Gasteiger partial charge in [-0.2, -0.15) is 0 Å². The zero-order chi connectivity index (χ0) is 20.1. The molecule has 0 spiro atoms. The molecule has 7 heteroatoms. The number of methoxy groups -OCH3 is 1. The van der Waals surface area contributed by atoms with Gasteiger partial charge in [-0.25, -0.2) is 15.0 Å². The van der Waals surface area contributed by atoms with Crippen LogP contribution in [0.1, 0.15) is 37.6 Å². The lowest BCUT2D eigenvalue weighted by atomic mass is 10.0. The molecule has 0 aliphatic rings. The maximum absolute atomic E-state index is 5.89. The van der Waals surface area contributed by atoms with Crippen molar-refractivity contribution in [3.63, 3.8) is 0 Å². The molecule has 0 aliphatic carbocycles. The van der Waals surface area contributed by atoms with E-state index in [-0.39, 0.29) is 6.04 Å². The summed E-state index contributed by atoms with van der Waals surface area (Å²) in [5.41, 5.74) is 4.28. The first-order valence-electron chi connectivity index (χ1n) is 9.45. The van der Waals surface area contributed by atoms with Crippen LogP contribution in [0.3, 0.4) is 0 Å². The van der Waals surface area contributed by atoms with Crippen molar-refractivity contribution in [1.29, 1.82) is 0 Å². The zero-order valence-electron chi connectivity index (χ0n) is 16.9. The third kappa shape index (κ3) is 3.84. The Bertz CT molecular complexity index is 967. The standard InChI is InChI=1S/C21H27N5O2/c1-6-8-11-28-21-19-23-9-10-26(19)15(4)18(25-21)17-12-16(14(3)22-7-2)13-24-20(17)27-5/h6,9-10,12-14,22H,1,7-8,11H2,2-5H3/t14-/m1/s1. The summed E-state index contributed by atoms with van der Waals surface area (Å²) < 4.78 is 13.4. The fourth-order valence-corrected chi connectivity index (χ4v) is 3.13. The van der Waals surface area contributed by atoms with Crippen LogP contribution in [0.25, 0.3) is 16.9 Å². The molecular weight excluding hydrogens is 354 g/mol. The van der Waals surface area contributed by atoms with Crippen molar-refractivity contribution >= 4 is 5.65 Å². The monoisotopic (exact) mass is 381 g/mol. The number of aromatic nitrogens is 4. The largest absolute Gasteiger partial charge is 0.481 e. The molecule has 3 rings (SSSR count). The second-order valence-corrected chi connectivity index (χ2v) is 6.50. The molecule has 148 valence electrons. The van der Waals surface area contributed by atoms with E-state index in [9.17, 15) is 0 Å². The quantitative estimate of drug-likeness (QED) is 0.450. The predicted molar refractivity (Wildman–Crippen MR) is 110 cm³/mol. The van der Waals surface area contributed by atoms with Crippen LogP contribution >= 0.6 is 0 Å². The van der Waals surface area contributed by atoms with E-state index in [1.807, 2.05) is 29.8 Å². The topological polar surface area (TPSA) is 73.6 Å². The van der Waals surface area contributed by atoms with Crippen LogP contribution in [0.5, 0.6) is 11.8 Å². The molecule has 0 unspecified atom stereocenters. The summed E-state index contributed by atoms with van der Waals surface area (Å²) in [7, 11) is 1.62. The number of rotatable bonds is 9. The van der Waals surface area contributed by atoms with E-state index in [0.29, 0.717) is 24.0 Å². The van der Waals surface area contributed by atoms with Gasteiger partial charge in [0.15, 0.2) is 0 Å². The molecule has 3 aromatic heterocycles. The first-order valence-corrected chi connectivity index (χ1v) is 9.45.